The molecule has 12 rings (SSSR count). The topological polar surface area (TPSA) is 0 Å². The SMILES string of the molecule is C[SiH](C)[Hf]([Cl])([Cl])([CH]1C(c2ccccc2)=Cc2c(-c3ccccc3-c3cccc4ccccc34)cccc21)[CH]1C(c2ccccc2)=Cc2c(-c3ccccc3-c3cccc4ccccc34)cccc21. The molecule has 327 valence electrons. The van der Waals surface area contributed by atoms with E-state index in [0.717, 1.165) is 0 Å². The van der Waals surface area contributed by atoms with Crippen LogP contribution >= 0.6 is 17.2 Å². The fraction of sp³-hybridized carbons (Fsp3) is 0.0625. The second kappa shape index (κ2) is 17.1. The van der Waals surface area contributed by atoms with Crippen LogP contribution in [0.4, 0.5) is 0 Å². The Balaban J connectivity index is 1.10. The molecule has 0 heterocycles. The van der Waals surface area contributed by atoms with Crippen LogP contribution in [0, 0.1) is 0 Å². The van der Waals surface area contributed by atoms with E-state index in [-0.39, 0.29) is 7.35 Å². The summed E-state index contributed by atoms with van der Waals surface area (Å²) in [6, 6.07) is 84.3. The van der Waals surface area contributed by atoms with Crippen LogP contribution in [0.1, 0.15) is 40.7 Å². The zero-order valence-corrected chi connectivity index (χ0v) is 44.3. The van der Waals surface area contributed by atoms with E-state index in [0.29, 0.717) is 0 Å². The van der Waals surface area contributed by atoms with Gasteiger partial charge in [0.05, 0.1) is 0 Å². The first-order valence-electron chi connectivity index (χ1n) is 23.8. The van der Waals surface area contributed by atoms with Gasteiger partial charge < -0.3 is 0 Å². The van der Waals surface area contributed by atoms with Crippen LogP contribution in [0.25, 0.3) is 89.4 Å². The molecule has 2 unspecified atom stereocenters. The van der Waals surface area contributed by atoms with Gasteiger partial charge in [-0.25, -0.2) is 0 Å². The minimum atomic E-state index is -5.58. The molecular formula is C64H49Cl2HfSi. The summed E-state index contributed by atoms with van der Waals surface area (Å²) in [6.45, 7) is 4.91. The van der Waals surface area contributed by atoms with Gasteiger partial charge in [-0.2, -0.15) is 0 Å². The van der Waals surface area contributed by atoms with Gasteiger partial charge in [-0.3, -0.25) is 0 Å². The third-order valence-corrected chi connectivity index (χ3v) is 87.6. The van der Waals surface area contributed by atoms with E-state index in [1.165, 1.54) is 111 Å². The van der Waals surface area contributed by atoms with E-state index in [1.54, 1.807) is 0 Å². The van der Waals surface area contributed by atoms with Crippen molar-refractivity contribution in [2.75, 3.05) is 0 Å². The molecule has 0 saturated carbocycles. The summed E-state index contributed by atoms with van der Waals surface area (Å²) in [5.74, 6) is -1.95. The number of fused-ring (bicyclic) bond motifs is 4. The molecule has 10 aromatic carbocycles. The summed E-state index contributed by atoms with van der Waals surface area (Å²) >= 11 is -5.58. The Morgan fingerprint density at radius 1 is 0.324 bits per heavy atom. The number of rotatable bonds is 9. The van der Waals surface area contributed by atoms with Gasteiger partial charge in [-0.05, 0) is 0 Å². The first-order valence-corrected chi connectivity index (χ1v) is 46.0. The minimum absolute atomic E-state index is 0.154. The van der Waals surface area contributed by atoms with Crippen LogP contribution in [-0.2, 0) is 15.3 Å². The Kier molecular flexibility index (Phi) is 10.9. The Labute approximate surface area is 408 Å². The Hall–Kier alpha value is -6.13. The van der Waals surface area contributed by atoms with Crippen LogP contribution in [0.2, 0.25) is 13.1 Å². The molecule has 0 spiro atoms. The number of allylic oxidation sites excluding steroid dienone is 2. The van der Waals surface area contributed by atoms with Crippen LogP contribution < -0.4 is 0 Å². The van der Waals surface area contributed by atoms with Crippen molar-refractivity contribution < 1.29 is 15.3 Å². The molecule has 4 heteroatoms. The molecule has 0 aromatic heterocycles. The van der Waals surface area contributed by atoms with E-state index >= 15 is 0 Å². The van der Waals surface area contributed by atoms with Gasteiger partial charge in [0, 0.05) is 0 Å². The Morgan fingerprint density at radius 2 is 0.632 bits per heavy atom. The monoisotopic (exact) mass is 1100 g/mol. The first kappa shape index (κ1) is 43.2. The van der Waals surface area contributed by atoms with Crippen molar-refractivity contribution in [1.29, 1.82) is 0 Å². The van der Waals surface area contributed by atoms with Crippen LogP contribution in [0.15, 0.2) is 231 Å². The van der Waals surface area contributed by atoms with Crippen molar-refractivity contribution in [1.82, 2.24) is 0 Å². The fourth-order valence-electron chi connectivity index (χ4n) is 11.9. The van der Waals surface area contributed by atoms with E-state index < -0.39 is 21.3 Å². The summed E-state index contributed by atoms with van der Waals surface area (Å²) in [6.07, 6.45) is 4.95. The molecule has 0 bridgehead atoms. The first-order chi connectivity index (χ1) is 33.3. The molecule has 0 N–H and O–H groups in total. The van der Waals surface area contributed by atoms with Crippen LogP contribution in [0.5, 0.6) is 0 Å². The third kappa shape index (κ3) is 6.86. The number of hydrogen-bond donors (Lipinski definition) is 0. The molecule has 2 atom stereocenters. The zero-order chi connectivity index (χ0) is 46.0. The molecular weight excluding hydrogens is 1050 g/mol. The second-order valence-corrected chi connectivity index (χ2v) is 78.2. The average molecular weight is 1100 g/mol. The van der Waals surface area contributed by atoms with Crippen molar-refractivity contribution in [2.45, 2.75) is 20.4 Å². The molecule has 0 amide bonds. The Morgan fingerprint density at radius 3 is 1.04 bits per heavy atom. The van der Waals surface area contributed by atoms with Gasteiger partial charge in [-0.15, -0.1) is 0 Å². The molecule has 0 saturated heterocycles. The van der Waals surface area contributed by atoms with Crippen molar-refractivity contribution in [3.05, 3.63) is 264 Å². The molecule has 2 aliphatic carbocycles. The van der Waals surface area contributed by atoms with Crippen LogP contribution in [0.3, 0.4) is 0 Å². The van der Waals surface area contributed by atoms with Crippen molar-refractivity contribution in [3.8, 4) is 44.5 Å². The molecule has 0 nitrogen and oxygen atoms in total. The molecule has 2 aliphatic rings. The quantitative estimate of drug-likeness (QED) is 0.126. The van der Waals surface area contributed by atoms with E-state index in [1.807, 2.05) is 0 Å². The number of hydrogen-bond acceptors (Lipinski definition) is 0. The Bertz CT molecular complexity index is 3420. The maximum atomic E-state index is 9.23. The van der Waals surface area contributed by atoms with Crippen molar-refractivity contribution >= 4 is 68.0 Å². The van der Waals surface area contributed by atoms with Crippen molar-refractivity contribution in [3.63, 3.8) is 0 Å². The molecule has 10 aromatic rings. The van der Waals surface area contributed by atoms with Gasteiger partial charge in [0.25, 0.3) is 0 Å². The standard InChI is InChI=1S/2C31H21.C2H7Si.2ClH.Hf/c2*1-2-10-22(11-3-1)25-20-24-14-9-19-30(31(24)21-25)29-17-7-6-16-28(29)27-18-8-13-23-12-4-5-15-26(23)27;1-3-2;;;/h2*1-21H;3H,1-2H3;2*1H;/q;;;;;+2/p-2. The summed E-state index contributed by atoms with van der Waals surface area (Å²) in [7, 11) is 18.5. The third-order valence-electron chi connectivity index (χ3n) is 15.1. The van der Waals surface area contributed by atoms with Crippen LogP contribution in [-0.4, -0.2) is 5.98 Å². The van der Waals surface area contributed by atoms with Crippen molar-refractivity contribution in [2.24, 2.45) is 0 Å². The predicted octanol–water partition coefficient (Wildman–Crippen LogP) is 18.5. The number of halogens is 2. The molecule has 0 radical (unpaired) electrons. The summed E-state index contributed by atoms with van der Waals surface area (Å²) in [5, 5.41) is 4.96. The van der Waals surface area contributed by atoms with E-state index in [9.17, 15) is 17.2 Å². The van der Waals surface area contributed by atoms with E-state index in [2.05, 4.69) is 256 Å². The number of benzene rings is 10. The summed E-state index contributed by atoms with van der Waals surface area (Å²) < 4.78 is -0.308. The molecule has 0 aliphatic heterocycles. The van der Waals surface area contributed by atoms with Gasteiger partial charge in [0.1, 0.15) is 0 Å². The second-order valence-electron chi connectivity index (χ2n) is 18.9. The fourth-order valence-corrected chi connectivity index (χ4v) is 54.5. The average Bonchev–Trinajstić information content (AvgIpc) is 4.01. The molecule has 68 heavy (non-hydrogen) atoms. The normalized spacial score (nSPS) is 16.0. The predicted molar refractivity (Wildman–Crippen MR) is 294 cm³/mol. The van der Waals surface area contributed by atoms with Gasteiger partial charge in [-0.1, -0.05) is 0 Å². The molecule has 0 fully saturated rings. The summed E-state index contributed by atoms with van der Waals surface area (Å²) in [5.41, 5.74) is 19.5. The maximum absolute atomic E-state index is 9.23. The zero-order valence-electron chi connectivity index (χ0n) is 38.1. The van der Waals surface area contributed by atoms with Gasteiger partial charge >= 0.3 is 412 Å². The van der Waals surface area contributed by atoms with Gasteiger partial charge in [0.2, 0.25) is 0 Å². The van der Waals surface area contributed by atoms with E-state index in [4.69, 9.17) is 0 Å². The van der Waals surface area contributed by atoms with Gasteiger partial charge in [0.15, 0.2) is 0 Å². The summed E-state index contributed by atoms with van der Waals surface area (Å²) in [4.78, 5) is 0.